The zero-order valence-electron chi connectivity index (χ0n) is 17.8. The van der Waals surface area contributed by atoms with Gasteiger partial charge in [0.25, 0.3) is 0 Å². The number of oxime groups is 1. The Hall–Kier alpha value is -3.55. The molecule has 0 spiro atoms. The van der Waals surface area contributed by atoms with E-state index >= 15 is 0 Å². The minimum atomic E-state index is -0.782. The summed E-state index contributed by atoms with van der Waals surface area (Å²) < 4.78 is 15.8. The van der Waals surface area contributed by atoms with Gasteiger partial charge in [0.05, 0.1) is 42.5 Å². The van der Waals surface area contributed by atoms with Crippen molar-refractivity contribution in [1.82, 2.24) is 0 Å². The van der Waals surface area contributed by atoms with Gasteiger partial charge < -0.3 is 19.0 Å². The molecule has 1 aliphatic carbocycles. The first-order chi connectivity index (χ1) is 15.9. The fourth-order valence-corrected chi connectivity index (χ4v) is 4.13. The summed E-state index contributed by atoms with van der Waals surface area (Å²) in [6.45, 7) is 0. The van der Waals surface area contributed by atoms with Crippen molar-refractivity contribution < 1.29 is 28.6 Å². The van der Waals surface area contributed by atoms with E-state index in [-0.39, 0.29) is 44.2 Å². The molecular weight excluding hydrogens is 469 g/mol. The van der Waals surface area contributed by atoms with E-state index in [1.807, 2.05) is 0 Å². The number of carbonyl (C=O) groups is 2. The minimum absolute atomic E-state index is 0.117. The predicted molar refractivity (Wildman–Crippen MR) is 123 cm³/mol. The highest BCUT2D eigenvalue weighted by Gasteiger charge is 2.32. The Morgan fingerprint density at radius 3 is 1.97 bits per heavy atom. The van der Waals surface area contributed by atoms with Crippen LogP contribution < -0.4 is 14.2 Å². The number of carbonyl (C=O) groups excluding carboxylic acids is 2. The van der Waals surface area contributed by atoms with Crippen LogP contribution in [0.15, 0.2) is 53.7 Å². The molecule has 0 aliphatic heterocycles. The van der Waals surface area contributed by atoms with Crippen molar-refractivity contribution >= 4 is 40.7 Å². The lowest BCUT2D eigenvalue weighted by molar-refractivity contribution is 0.0516. The molecule has 7 nitrogen and oxygen atoms in total. The van der Waals surface area contributed by atoms with Crippen molar-refractivity contribution in [3.63, 3.8) is 0 Å². The molecule has 3 aromatic rings. The Morgan fingerprint density at radius 1 is 0.818 bits per heavy atom. The molecule has 1 aliphatic rings. The quantitative estimate of drug-likeness (QED) is 0.286. The molecule has 0 heterocycles. The summed E-state index contributed by atoms with van der Waals surface area (Å²) in [4.78, 5) is 31.2. The number of rotatable bonds is 5. The molecule has 4 rings (SSSR count). The third kappa shape index (κ3) is 3.90. The van der Waals surface area contributed by atoms with E-state index in [2.05, 4.69) is 5.16 Å². The standard InChI is InChI=1S/C24H17Cl2NO6/c1-30-17-10-12(11-18(31-2)23(17)32-3)24(29)33-27-21-13-6-4-9-16(26)20(13)22(28)14-7-5-8-15(25)19(14)21/h4-11H,1-3H3/b27-21+. The van der Waals surface area contributed by atoms with E-state index < -0.39 is 5.97 Å². The fourth-order valence-electron chi connectivity index (χ4n) is 3.61. The van der Waals surface area contributed by atoms with Gasteiger partial charge in [-0.3, -0.25) is 4.79 Å². The molecule has 33 heavy (non-hydrogen) atoms. The molecule has 0 unspecified atom stereocenters. The summed E-state index contributed by atoms with van der Waals surface area (Å²) in [6.07, 6.45) is 0. The van der Waals surface area contributed by atoms with Crippen molar-refractivity contribution in [2.24, 2.45) is 5.16 Å². The lowest BCUT2D eigenvalue weighted by atomic mass is 9.83. The second kappa shape index (κ2) is 9.13. The molecule has 0 bridgehead atoms. The van der Waals surface area contributed by atoms with Gasteiger partial charge in [0.15, 0.2) is 17.3 Å². The number of halogens is 2. The number of methoxy groups -OCH3 is 3. The maximum absolute atomic E-state index is 13.0. The molecule has 0 amide bonds. The summed E-state index contributed by atoms with van der Waals surface area (Å²) in [5, 5.41) is 4.63. The van der Waals surface area contributed by atoms with Crippen LogP contribution >= 0.6 is 23.2 Å². The first-order valence-corrected chi connectivity index (χ1v) is 10.4. The SMILES string of the molecule is COc1cc(C(=O)O/N=C2\c3cccc(Cl)c3C(=O)c3cccc(Cl)c32)cc(OC)c1OC. The Labute approximate surface area is 199 Å². The highest BCUT2D eigenvalue weighted by molar-refractivity contribution is 6.43. The van der Waals surface area contributed by atoms with E-state index in [0.717, 1.165) is 0 Å². The minimum Gasteiger partial charge on any atom is -0.493 e. The Kier molecular flexibility index (Phi) is 6.26. The average Bonchev–Trinajstić information content (AvgIpc) is 2.83. The van der Waals surface area contributed by atoms with Gasteiger partial charge in [-0.1, -0.05) is 52.6 Å². The number of hydrogen-bond donors (Lipinski definition) is 0. The summed E-state index contributed by atoms with van der Waals surface area (Å²) in [5.74, 6) is -0.174. The van der Waals surface area contributed by atoms with Crippen molar-refractivity contribution in [2.75, 3.05) is 21.3 Å². The molecule has 0 fully saturated rings. The second-order valence-electron chi connectivity index (χ2n) is 6.89. The predicted octanol–water partition coefficient (Wildman–Crippen LogP) is 5.17. The molecule has 9 heteroatoms. The molecular formula is C24H17Cl2NO6. The van der Waals surface area contributed by atoms with E-state index in [9.17, 15) is 9.59 Å². The van der Waals surface area contributed by atoms with E-state index in [1.54, 1.807) is 36.4 Å². The molecule has 0 aromatic heterocycles. The van der Waals surface area contributed by atoms with Crippen LogP contribution in [0, 0.1) is 0 Å². The maximum Gasteiger partial charge on any atom is 0.366 e. The monoisotopic (exact) mass is 485 g/mol. The highest BCUT2D eigenvalue weighted by atomic mass is 35.5. The van der Waals surface area contributed by atoms with Crippen molar-refractivity contribution in [1.29, 1.82) is 0 Å². The molecule has 0 N–H and O–H groups in total. The number of fused-ring (bicyclic) bond motifs is 2. The Bertz CT molecular complexity index is 1290. The fraction of sp³-hybridized carbons (Fsp3) is 0.125. The number of ketones is 1. The summed E-state index contributed by atoms with van der Waals surface area (Å²) >= 11 is 12.7. The van der Waals surface area contributed by atoms with Crippen LogP contribution in [-0.2, 0) is 4.84 Å². The number of nitrogens with zero attached hydrogens (tertiary/aromatic N) is 1. The number of benzene rings is 3. The van der Waals surface area contributed by atoms with Crippen LogP contribution in [-0.4, -0.2) is 38.8 Å². The van der Waals surface area contributed by atoms with Crippen LogP contribution in [0.25, 0.3) is 0 Å². The van der Waals surface area contributed by atoms with Crippen LogP contribution in [0.5, 0.6) is 17.2 Å². The molecule has 0 radical (unpaired) electrons. The zero-order chi connectivity index (χ0) is 23.7. The van der Waals surface area contributed by atoms with Gasteiger partial charge in [0, 0.05) is 16.7 Å². The maximum atomic E-state index is 13.0. The van der Waals surface area contributed by atoms with E-state index in [0.29, 0.717) is 22.4 Å². The van der Waals surface area contributed by atoms with Crippen LogP contribution in [0.3, 0.4) is 0 Å². The largest absolute Gasteiger partial charge is 0.493 e. The lowest BCUT2D eigenvalue weighted by Crippen LogP contribution is -2.23. The topological polar surface area (TPSA) is 83.4 Å². The molecule has 0 saturated carbocycles. The second-order valence-corrected chi connectivity index (χ2v) is 7.70. The van der Waals surface area contributed by atoms with Gasteiger partial charge in [-0.25, -0.2) is 4.79 Å². The van der Waals surface area contributed by atoms with Crippen LogP contribution in [0.4, 0.5) is 0 Å². The normalized spacial score (nSPS) is 13.2. The summed E-state index contributed by atoms with van der Waals surface area (Å²) in [6, 6.07) is 12.7. The highest BCUT2D eigenvalue weighted by Crippen LogP contribution is 2.39. The molecule has 0 atom stereocenters. The van der Waals surface area contributed by atoms with Gasteiger partial charge in [-0.2, -0.15) is 0 Å². The molecule has 0 saturated heterocycles. The Morgan fingerprint density at radius 2 is 1.39 bits per heavy atom. The van der Waals surface area contributed by atoms with Gasteiger partial charge in [0.2, 0.25) is 5.75 Å². The van der Waals surface area contributed by atoms with Crippen molar-refractivity contribution in [2.45, 2.75) is 0 Å². The number of ether oxygens (including phenoxy) is 3. The number of hydrogen-bond acceptors (Lipinski definition) is 7. The van der Waals surface area contributed by atoms with Gasteiger partial charge >= 0.3 is 5.97 Å². The zero-order valence-corrected chi connectivity index (χ0v) is 19.3. The first-order valence-electron chi connectivity index (χ1n) is 9.63. The smallest absolute Gasteiger partial charge is 0.366 e. The molecule has 168 valence electrons. The lowest BCUT2D eigenvalue weighted by Gasteiger charge is -2.21. The van der Waals surface area contributed by atoms with Crippen LogP contribution in [0.2, 0.25) is 10.0 Å². The van der Waals surface area contributed by atoms with Crippen molar-refractivity contribution in [3.8, 4) is 17.2 Å². The van der Waals surface area contributed by atoms with E-state index in [1.165, 1.54) is 33.5 Å². The Balaban J connectivity index is 1.80. The molecule has 3 aromatic carbocycles. The van der Waals surface area contributed by atoms with Gasteiger partial charge in [-0.05, 0) is 24.3 Å². The summed E-state index contributed by atoms with van der Waals surface area (Å²) in [5.41, 5.74) is 1.67. The van der Waals surface area contributed by atoms with Gasteiger partial charge in [0.1, 0.15) is 5.71 Å². The van der Waals surface area contributed by atoms with Crippen LogP contribution in [0.1, 0.15) is 37.4 Å². The summed E-state index contributed by atoms with van der Waals surface area (Å²) in [7, 11) is 4.33. The third-order valence-electron chi connectivity index (χ3n) is 5.11. The van der Waals surface area contributed by atoms with Gasteiger partial charge in [-0.15, -0.1) is 0 Å². The third-order valence-corrected chi connectivity index (χ3v) is 5.74. The van der Waals surface area contributed by atoms with Crippen molar-refractivity contribution in [3.05, 3.63) is 86.4 Å². The van der Waals surface area contributed by atoms with E-state index in [4.69, 9.17) is 42.3 Å². The first kappa shape index (κ1) is 22.6. The average molecular weight is 486 g/mol.